The molecule has 27 heavy (non-hydrogen) atoms. The van der Waals surface area contributed by atoms with Gasteiger partial charge in [0, 0.05) is 23.6 Å². The lowest BCUT2D eigenvalue weighted by molar-refractivity contribution is 0.108. The molecule has 2 aromatic carbocycles. The van der Waals surface area contributed by atoms with Gasteiger partial charge in [0.15, 0.2) is 0 Å². The Morgan fingerprint density at radius 2 is 1.67 bits per heavy atom. The first-order valence-electron chi connectivity index (χ1n) is 9.33. The summed E-state index contributed by atoms with van der Waals surface area (Å²) in [6, 6.07) is 15.7. The molecule has 0 radical (unpaired) electrons. The number of halogens is 1. The van der Waals surface area contributed by atoms with Crippen LogP contribution in [0.5, 0.6) is 0 Å². The molecule has 0 heterocycles. The average Bonchev–Trinajstić information content (AvgIpc) is 2.64. The highest BCUT2D eigenvalue weighted by molar-refractivity contribution is 6.67. The molecule has 0 bridgehead atoms. The number of hydrogen-bond donors (Lipinski definition) is 0. The van der Waals surface area contributed by atoms with Crippen molar-refractivity contribution in [3.63, 3.8) is 0 Å². The summed E-state index contributed by atoms with van der Waals surface area (Å²) in [6.45, 7) is 9.60. The Morgan fingerprint density at radius 3 is 2.19 bits per heavy atom. The van der Waals surface area contributed by atoms with Crippen molar-refractivity contribution in [3.8, 4) is 0 Å². The third-order valence-electron chi connectivity index (χ3n) is 4.93. The van der Waals surface area contributed by atoms with Crippen molar-refractivity contribution < 1.29 is 4.79 Å². The van der Waals surface area contributed by atoms with Crippen LogP contribution in [0.1, 0.15) is 61.5 Å². The van der Waals surface area contributed by atoms with Crippen molar-refractivity contribution in [2.24, 2.45) is 5.18 Å². The molecular formula is C22H27ClN2O2. The zero-order valence-corrected chi connectivity index (χ0v) is 17.1. The fourth-order valence-corrected chi connectivity index (χ4v) is 3.73. The SMILES string of the molecule is CC(C)N(CCC(c1ccccc1)c1cc(C(=O)Cl)ccc1N=O)C(C)C. The average molecular weight is 387 g/mol. The Hall–Kier alpha value is -2.04. The molecule has 0 spiro atoms. The van der Waals surface area contributed by atoms with Crippen LogP contribution in [-0.2, 0) is 0 Å². The third-order valence-corrected chi connectivity index (χ3v) is 5.15. The van der Waals surface area contributed by atoms with Crippen molar-refractivity contribution in [3.05, 3.63) is 70.1 Å². The minimum absolute atomic E-state index is 0.0464. The van der Waals surface area contributed by atoms with Crippen LogP contribution in [0.4, 0.5) is 5.69 Å². The van der Waals surface area contributed by atoms with E-state index in [0.717, 1.165) is 24.1 Å². The summed E-state index contributed by atoms with van der Waals surface area (Å²) in [5.74, 6) is -0.0464. The highest BCUT2D eigenvalue weighted by Gasteiger charge is 2.22. The first-order valence-corrected chi connectivity index (χ1v) is 9.70. The first-order chi connectivity index (χ1) is 12.8. The van der Waals surface area contributed by atoms with Crippen molar-refractivity contribution in [1.29, 1.82) is 0 Å². The summed E-state index contributed by atoms with van der Waals surface area (Å²) < 4.78 is 0. The minimum Gasteiger partial charge on any atom is -0.299 e. The number of nitrogens with zero attached hydrogens (tertiary/aromatic N) is 2. The van der Waals surface area contributed by atoms with Gasteiger partial charge in [-0.25, -0.2) is 0 Å². The molecule has 0 saturated heterocycles. The number of hydrogen-bond acceptors (Lipinski definition) is 4. The van der Waals surface area contributed by atoms with Gasteiger partial charge < -0.3 is 0 Å². The lowest BCUT2D eigenvalue weighted by Gasteiger charge is -2.32. The van der Waals surface area contributed by atoms with Crippen LogP contribution in [0.15, 0.2) is 53.7 Å². The molecule has 0 aliphatic rings. The van der Waals surface area contributed by atoms with Crippen molar-refractivity contribution >= 4 is 22.5 Å². The monoisotopic (exact) mass is 386 g/mol. The summed E-state index contributed by atoms with van der Waals surface area (Å²) >= 11 is 5.68. The smallest absolute Gasteiger partial charge is 0.252 e. The van der Waals surface area contributed by atoms with E-state index in [1.54, 1.807) is 18.2 Å². The molecular weight excluding hydrogens is 360 g/mol. The van der Waals surface area contributed by atoms with Crippen LogP contribution >= 0.6 is 11.6 Å². The zero-order valence-electron chi connectivity index (χ0n) is 16.4. The number of nitroso groups, excluding NO2 is 1. The molecule has 5 heteroatoms. The van der Waals surface area contributed by atoms with Crippen LogP contribution in [0.25, 0.3) is 0 Å². The zero-order chi connectivity index (χ0) is 20.0. The lowest BCUT2D eigenvalue weighted by Crippen LogP contribution is -2.38. The van der Waals surface area contributed by atoms with Gasteiger partial charge >= 0.3 is 0 Å². The first kappa shape index (κ1) is 21.3. The standard InChI is InChI=1S/C22H27ClN2O2/c1-15(2)25(16(3)4)13-12-19(17-8-6-5-7-9-17)20-14-18(22(23)26)10-11-21(20)24-27/h5-11,14-16,19H,12-13H2,1-4H3. The molecule has 0 fully saturated rings. The normalized spacial score (nSPS) is 12.6. The summed E-state index contributed by atoms with van der Waals surface area (Å²) in [6.07, 6.45) is 0.808. The van der Waals surface area contributed by atoms with E-state index in [9.17, 15) is 9.70 Å². The second kappa shape index (κ2) is 9.77. The molecule has 0 amide bonds. The molecule has 0 aliphatic heterocycles. The molecule has 0 aliphatic carbocycles. The molecule has 4 nitrogen and oxygen atoms in total. The van der Waals surface area contributed by atoms with Crippen LogP contribution < -0.4 is 0 Å². The Balaban J connectivity index is 2.46. The van der Waals surface area contributed by atoms with E-state index in [-0.39, 0.29) is 5.92 Å². The lowest BCUT2D eigenvalue weighted by atomic mass is 9.86. The maximum Gasteiger partial charge on any atom is 0.252 e. The maximum atomic E-state index is 11.6. The topological polar surface area (TPSA) is 49.7 Å². The van der Waals surface area contributed by atoms with Gasteiger partial charge in [0.2, 0.25) is 0 Å². The fourth-order valence-electron chi connectivity index (χ4n) is 3.62. The van der Waals surface area contributed by atoms with Gasteiger partial charge in [-0.15, -0.1) is 4.91 Å². The molecule has 1 atom stereocenters. The molecule has 0 saturated carbocycles. The highest BCUT2D eigenvalue weighted by Crippen LogP contribution is 2.36. The van der Waals surface area contributed by atoms with Gasteiger partial charge in [0.25, 0.3) is 5.24 Å². The van der Waals surface area contributed by atoms with Crippen molar-refractivity contribution in [2.45, 2.75) is 52.1 Å². The van der Waals surface area contributed by atoms with E-state index in [4.69, 9.17) is 11.6 Å². The Bertz CT molecular complexity index is 767. The van der Waals surface area contributed by atoms with E-state index in [1.165, 1.54) is 0 Å². The van der Waals surface area contributed by atoms with Gasteiger partial charge in [0.1, 0.15) is 5.69 Å². The Labute approximate surface area is 166 Å². The van der Waals surface area contributed by atoms with Gasteiger partial charge in [0.05, 0.1) is 0 Å². The second-order valence-corrected chi connectivity index (χ2v) is 7.66. The minimum atomic E-state index is -0.536. The maximum absolute atomic E-state index is 11.6. The van der Waals surface area contributed by atoms with Gasteiger partial charge in [-0.3, -0.25) is 9.69 Å². The molecule has 1 unspecified atom stereocenters. The molecule has 0 N–H and O–H groups in total. The molecule has 2 rings (SSSR count). The third kappa shape index (κ3) is 5.47. The van der Waals surface area contributed by atoms with Crippen LogP contribution in [0.2, 0.25) is 0 Å². The van der Waals surface area contributed by atoms with E-state index in [0.29, 0.717) is 23.3 Å². The molecule has 2 aromatic rings. The summed E-state index contributed by atoms with van der Waals surface area (Å²) in [5.41, 5.74) is 2.57. The van der Waals surface area contributed by atoms with Crippen molar-refractivity contribution in [2.75, 3.05) is 6.54 Å². The Morgan fingerprint density at radius 1 is 1.04 bits per heavy atom. The number of benzene rings is 2. The predicted octanol–water partition coefficient (Wildman–Crippen LogP) is 6.10. The van der Waals surface area contributed by atoms with Crippen LogP contribution in [0.3, 0.4) is 0 Å². The van der Waals surface area contributed by atoms with Gasteiger partial charge in [-0.05, 0) is 86.8 Å². The van der Waals surface area contributed by atoms with E-state index >= 15 is 0 Å². The summed E-state index contributed by atoms with van der Waals surface area (Å²) in [5, 5.41) is 2.66. The highest BCUT2D eigenvalue weighted by atomic mass is 35.5. The summed E-state index contributed by atoms with van der Waals surface area (Å²) in [7, 11) is 0. The van der Waals surface area contributed by atoms with E-state index in [1.807, 2.05) is 30.3 Å². The number of rotatable bonds is 9. The number of carbonyl (C=O) groups excluding carboxylic acids is 1. The van der Waals surface area contributed by atoms with Gasteiger partial charge in [-0.1, -0.05) is 30.3 Å². The van der Waals surface area contributed by atoms with E-state index in [2.05, 4.69) is 37.8 Å². The Kier molecular flexibility index (Phi) is 7.69. The quantitative estimate of drug-likeness (QED) is 0.386. The largest absolute Gasteiger partial charge is 0.299 e. The van der Waals surface area contributed by atoms with Gasteiger partial charge in [-0.2, -0.15) is 0 Å². The summed E-state index contributed by atoms with van der Waals surface area (Å²) in [4.78, 5) is 25.5. The fraction of sp³-hybridized carbons (Fsp3) is 0.409. The second-order valence-electron chi connectivity index (χ2n) is 7.32. The number of carbonyl (C=O) groups is 1. The van der Waals surface area contributed by atoms with Crippen LogP contribution in [0, 0.1) is 4.91 Å². The predicted molar refractivity (Wildman–Crippen MR) is 112 cm³/mol. The molecule has 0 aromatic heterocycles. The molecule has 144 valence electrons. The van der Waals surface area contributed by atoms with Crippen molar-refractivity contribution in [1.82, 2.24) is 4.90 Å². The van der Waals surface area contributed by atoms with E-state index < -0.39 is 5.24 Å². The van der Waals surface area contributed by atoms with Crippen LogP contribution in [-0.4, -0.2) is 28.8 Å².